The van der Waals surface area contributed by atoms with Gasteiger partial charge in [0.1, 0.15) is 11.2 Å². The third-order valence-electron chi connectivity index (χ3n) is 9.95. The summed E-state index contributed by atoms with van der Waals surface area (Å²) in [7, 11) is 0. The Morgan fingerprint density at radius 2 is 1.39 bits per heavy atom. The van der Waals surface area contributed by atoms with E-state index in [0.717, 1.165) is 62.1 Å². The van der Waals surface area contributed by atoms with Crippen LogP contribution in [-0.2, 0) is 0 Å². The zero-order valence-corrected chi connectivity index (χ0v) is 28.2. The van der Waals surface area contributed by atoms with Crippen molar-refractivity contribution in [3.8, 4) is 5.69 Å². The van der Waals surface area contributed by atoms with Crippen molar-refractivity contribution in [2.75, 3.05) is 6.54 Å². The van der Waals surface area contributed by atoms with Crippen LogP contribution in [0.5, 0.6) is 0 Å². The minimum absolute atomic E-state index is 0.0294. The number of hydrogen-bond donors (Lipinski definition) is 2. The van der Waals surface area contributed by atoms with Crippen molar-refractivity contribution in [2.45, 2.75) is 19.1 Å². The quantitative estimate of drug-likeness (QED) is 0.159. The Balaban J connectivity index is 1.11. The van der Waals surface area contributed by atoms with Crippen LogP contribution in [-0.4, -0.2) is 11.1 Å². The molecule has 0 saturated carbocycles. The maximum Gasteiger partial charge on any atom is 0.196 e. The van der Waals surface area contributed by atoms with Crippen LogP contribution in [0.1, 0.15) is 41.4 Å². The van der Waals surface area contributed by atoms with Crippen molar-refractivity contribution in [3.05, 3.63) is 186 Å². The highest BCUT2D eigenvalue weighted by molar-refractivity contribution is 6.10. The van der Waals surface area contributed by atoms with Crippen LogP contribution in [0.15, 0.2) is 168 Å². The van der Waals surface area contributed by atoms with Crippen molar-refractivity contribution in [1.29, 1.82) is 0 Å². The summed E-state index contributed by atoms with van der Waals surface area (Å²) in [4.78, 5) is 0. The topological polar surface area (TPSA) is 42.1 Å². The number of rotatable bonds is 8. The fourth-order valence-corrected chi connectivity index (χ4v) is 7.31. The van der Waals surface area contributed by atoms with Crippen molar-refractivity contribution in [3.63, 3.8) is 0 Å². The maximum absolute atomic E-state index is 15.8. The average molecular weight is 666 g/mol. The second-order valence-corrected chi connectivity index (χ2v) is 13.2. The molecule has 51 heavy (non-hydrogen) atoms. The highest BCUT2D eigenvalue weighted by atomic mass is 19.1. The molecule has 1 aliphatic heterocycles. The van der Waals surface area contributed by atoms with Crippen LogP contribution >= 0.6 is 0 Å². The van der Waals surface area contributed by atoms with Gasteiger partial charge >= 0.3 is 0 Å². The smallest absolute Gasteiger partial charge is 0.196 e. The molecule has 2 unspecified atom stereocenters. The Labute approximate surface area is 295 Å². The molecule has 0 aliphatic carbocycles. The van der Waals surface area contributed by atoms with E-state index in [0.29, 0.717) is 5.56 Å². The summed E-state index contributed by atoms with van der Waals surface area (Å²) in [5.41, 5.74) is 10.7. The fourth-order valence-electron chi connectivity index (χ4n) is 7.31. The molecule has 0 saturated heterocycles. The van der Waals surface area contributed by atoms with Gasteiger partial charge in [-0.15, -0.1) is 0 Å². The van der Waals surface area contributed by atoms with E-state index in [9.17, 15) is 0 Å². The highest BCUT2D eigenvalue weighted by Gasteiger charge is 2.17. The Morgan fingerprint density at radius 3 is 2.10 bits per heavy atom. The molecule has 0 bridgehead atoms. The van der Waals surface area contributed by atoms with Crippen molar-refractivity contribution in [2.24, 2.45) is 0 Å². The number of nitrogens with zero attached hydrogens (tertiary/aromatic N) is 1. The minimum Gasteiger partial charge on any atom is -0.456 e. The SMILES string of the molecule is CC(/C=C(\NC(F)c1ccccc1)c1ccc(C2=CNCC=C2)cc1)c1ccc2oc3ccc(-n4c5ccccc5c5ccccc54)cc3c2c1. The number of nitrogens with one attached hydrogen (secondary N) is 2. The molecule has 3 heterocycles. The third-order valence-corrected chi connectivity index (χ3v) is 9.95. The van der Waals surface area contributed by atoms with Gasteiger partial charge in [-0.05, 0) is 64.7 Å². The van der Waals surface area contributed by atoms with E-state index in [1.807, 2.05) is 36.5 Å². The number of hydrogen-bond acceptors (Lipinski definition) is 3. The van der Waals surface area contributed by atoms with Crippen LogP contribution in [0.2, 0.25) is 0 Å². The molecular formula is C46H36FN3O. The predicted octanol–water partition coefficient (Wildman–Crippen LogP) is 11.6. The summed E-state index contributed by atoms with van der Waals surface area (Å²) in [6.07, 6.45) is 7.02. The van der Waals surface area contributed by atoms with E-state index in [4.69, 9.17) is 4.42 Å². The van der Waals surface area contributed by atoms with Crippen LogP contribution < -0.4 is 10.6 Å². The molecule has 5 heteroatoms. The van der Waals surface area contributed by atoms with Gasteiger partial charge in [0, 0.05) is 57.2 Å². The number of furan rings is 1. The monoisotopic (exact) mass is 665 g/mol. The van der Waals surface area contributed by atoms with E-state index in [2.05, 4.69) is 150 Å². The van der Waals surface area contributed by atoms with Crippen LogP contribution in [0.4, 0.5) is 4.39 Å². The molecule has 0 spiro atoms. The molecular weight excluding hydrogens is 630 g/mol. The van der Waals surface area contributed by atoms with E-state index in [1.165, 1.54) is 21.8 Å². The van der Waals surface area contributed by atoms with Crippen LogP contribution in [0.25, 0.3) is 60.7 Å². The predicted molar refractivity (Wildman–Crippen MR) is 209 cm³/mol. The van der Waals surface area contributed by atoms with Gasteiger partial charge in [-0.1, -0.05) is 122 Å². The number of benzene rings is 6. The maximum atomic E-state index is 15.8. The number of aromatic nitrogens is 1. The third kappa shape index (κ3) is 5.67. The molecule has 2 N–H and O–H groups in total. The Hall–Kier alpha value is -6.33. The normalized spacial score (nSPS) is 14.5. The van der Waals surface area contributed by atoms with Gasteiger partial charge in [-0.2, -0.15) is 0 Å². The standard InChI is InChI=1S/C46H36FN3O/c1-30(26-41(49-46(47)33-10-3-2-4-11-33)32-19-17-31(18-20-32)35-12-9-25-48-29-35)34-21-23-44-39(27-34)40-28-36(22-24-45(40)51-44)50-42-15-7-5-13-37(42)38-14-6-8-16-43(38)50/h2-24,26-30,46,48-49H,25H2,1H3/b41-26-. The Bertz CT molecular complexity index is 2590. The minimum atomic E-state index is -1.36. The van der Waals surface area contributed by atoms with Gasteiger partial charge in [-0.25, -0.2) is 4.39 Å². The average Bonchev–Trinajstić information content (AvgIpc) is 3.73. The lowest BCUT2D eigenvalue weighted by Crippen LogP contribution is -2.17. The number of alkyl halides is 1. The molecule has 1 aliphatic rings. The number of allylic oxidation sites excluding steroid dienone is 3. The lowest BCUT2D eigenvalue weighted by atomic mass is 9.95. The number of dihydropyridines is 1. The number of para-hydroxylation sites is 2. The summed E-state index contributed by atoms with van der Waals surface area (Å²) in [6.45, 7) is 2.98. The largest absolute Gasteiger partial charge is 0.456 e. The summed E-state index contributed by atoms with van der Waals surface area (Å²) in [6, 6.07) is 47.5. The summed E-state index contributed by atoms with van der Waals surface area (Å²) in [5.74, 6) is -0.0294. The number of halogens is 1. The molecule has 2 atom stereocenters. The van der Waals surface area contributed by atoms with E-state index >= 15 is 4.39 Å². The molecule has 0 radical (unpaired) electrons. The summed E-state index contributed by atoms with van der Waals surface area (Å²) in [5, 5.41) is 11.0. The Morgan fingerprint density at radius 1 is 0.725 bits per heavy atom. The van der Waals surface area contributed by atoms with Gasteiger partial charge in [-0.3, -0.25) is 0 Å². The molecule has 9 rings (SSSR count). The first kappa shape index (κ1) is 30.7. The Kier molecular flexibility index (Phi) is 7.74. The van der Waals surface area contributed by atoms with Gasteiger partial charge in [0.2, 0.25) is 0 Å². The lowest BCUT2D eigenvalue weighted by Gasteiger charge is -2.19. The molecule has 248 valence electrons. The van der Waals surface area contributed by atoms with Crippen molar-refractivity contribution >= 4 is 55.0 Å². The van der Waals surface area contributed by atoms with E-state index in [-0.39, 0.29) is 5.92 Å². The summed E-state index contributed by atoms with van der Waals surface area (Å²) < 4.78 is 24.5. The van der Waals surface area contributed by atoms with Crippen molar-refractivity contribution < 1.29 is 8.81 Å². The summed E-state index contributed by atoms with van der Waals surface area (Å²) >= 11 is 0. The lowest BCUT2D eigenvalue weighted by molar-refractivity contribution is 0.316. The molecule has 4 nitrogen and oxygen atoms in total. The zero-order valence-electron chi connectivity index (χ0n) is 28.2. The molecule has 2 aromatic heterocycles. The second kappa shape index (κ2) is 12.8. The first-order valence-corrected chi connectivity index (χ1v) is 17.4. The highest BCUT2D eigenvalue weighted by Crippen LogP contribution is 2.37. The molecule has 6 aromatic carbocycles. The van der Waals surface area contributed by atoms with Crippen LogP contribution in [0, 0.1) is 0 Å². The molecule has 0 fully saturated rings. The fraction of sp³-hybridized carbons (Fsp3) is 0.0870. The number of fused-ring (bicyclic) bond motifs is 6. The van der Waals surface area contributed by atoms with E-state index < -0.39 is 6.30 Å². The van der Waals surface area contributed by atoms with Gasteiger partial charge < -0.3 is 19.6 Å². The van der Waals surface area contributed by atoms with Gasteiger partial charge in [0.15, 0.2) is 6.30 Å². The van der Waals surface area contributed by atoms with Crippen molar-refractivity contribution in [1.82, 2.24) is 15.2 Å². The first-order chi connectivity index (χ1) is 25.1. The van der Waals surface area contributed by atoms with E-state index in [1.54, 1.807) is 0 Å². The zero-order chi connectivity index (χ0) is 34.3. The molecule has 0 amide bonds. The van der Waals surface area contributed by atoms with Gasteiger partial charge in [0.05, 0.1) is 11.0 Å². The van der Waals surface area contributed by atoms with Crippen LogP contribution in [0.3, 0.4) is 0 Å². The first-order valence-electron chi connectivity index (χ1n) is 17.4. The molecule has 8 aromatic rings. The van der Waals surface area contributed by atoms with Gasteiger partial charge in [0.25, 0.3) is 0 Å². The second-order valence-electron chi connectivity index (χ2n) is 13.2.